The highest BCUT2D eigenvalue weighted by molar-refractivity contribution is 8.39. The van der Waals surface area contributed by atoms with Gasteiger partial charge in [-0.25, -0.2) is 4.79 Å². The van der Waals surface area contributed by atoms with Crippen molar-refractivity contribution in [1.82, 2.24) is 5.01 Å². The average molecular weight is 359 g/mol. The van der Waals surface area contributed by atoms with Crippen LogP contribution >= 0.6 is 35.1 Å². The lowest BCUT2D eigenvalue weighted by atomic mass is 10.2. The predicted octanol–water partition coefficient (Wildman–Crippen LogP) is 3.44. The fourth-order valence-electron chi connectivity index (χ4n) is 1.84. The first-order valence-electron chi connectivity index (χ1n) is 6.51. The van der Waals surface area contributed by atoms with Gasteiger partial charge >= 0.3 is 5.97 Å². The number of nitrogens with zero attached hydrogens (tertiary/aromatic N) is 2. The van der Waals surface area contributed by atoms with E-state index in [1.165, 1.54) is 28.5 Å². The highest BCUT2D eigenvalue weighted by atomic mass is 35.5. The van der Waals surface area contributed by atoms with E-state index in [9.17, 15) is 9.59 Å². The largest absolute Gasteiger partial charge is 0.464 e. The third-order valence-electron chi connectivity index (χ3n) is 2.98. The lowest BCUT2D eigenvalue weighted by molar-refractivity contribution is -0.149. The van der Waals surface area contributed by atoms with Gasteiger partial charge in [0.25, 0.3) is 5.91 Å². The summed E-state index contributed by atoms with van der Waals surface area (Å²) in [5.41, 5.74) is 0.409. The zero-order valence-electron chi connectivity index (χ0n) is 12.3. The molecule has 0 aliphatic carbocycles. The first-order valence-corrected chi connectivity index (χ1v) is 8.93. The average Bonchev–Trinajstić information content (AvgIpc) is 2.86. The Balaban J connectivity index is 2.35. The molecule has 0 fully saturated rings. The topological polar surface area (TPSA) is 59.0 Å². The number of carbonyl (C=O) groups is 2. The molecule has 1 aromatic carbocycles. The molecule has 1 aliphatic heterocycles. The molecule has 0 bridgehead atoms. The summed E-state index contributed by atoms with van der Waals surface area (Å²) in [4.78, 5) is 23.8. The first-order chi connectivity index (χ1) is 10.4. The number of carbonyl (C=O) groups excluding carboxylic acids is 2. The van der Waals surface area contributed by atoms with Crippen molar-refractivity contribution in [2.45, 2.75) is 18.7 Å². The summed E-state index contributed by atoms with van der Waals surface area (Å²) in [6.45, 7) is 3.60. The van der Waals surface area contributed by atoms with E-state index in [1.807, 2.05) is 6.26 Å². The second kappa shape index (κ2) is 6.93. The van der Waals surface area contributed by atoms with Crippen molar-refractivity contribution in [2.24, 2.45) is 5.10 Å². The summed E-state index contributed by atoms with van der Waals surface area (Å²) in [6, 6.07) is 6.46. The second-order valence-corrected chi connectivity index (χ2v) is 7.37. The number of amides is 1. The second-order valence-electron chi connectivity index (χ2n) is 4.50. The predicted molar refractivity (Wildman–Crippen MR) is 91.2 cm³/mol. The molecule has 0 saturated carbocycles. The summed E-state index contributed by atoms with van der Waals surface area (Å²) >= 11 is 8.43. The summed E-state index contributed by atoms with van der Waals surface area (Å²) in [7, 11) is 0. The van der Waals surface area contributed by atoms with Crippen LogP contribution in [0.3, 0.4) is 0 Å². The molecule has 118 valence electrons. The summed E-state index contributed by atoms with van der Waals surface area (Å²) < 4.78 is 5.74. The maximum atomic E-state index is 12.7. The number of hydrazone groups is 1. The molecular weight excluding hydrogens is 344 g/mol. The zero-order chi connectivity index (χ0) is 16.3. The molecule has 22 heavy (non-hydrogen) atoms. The van der Waals surface area contributed by atoms with Crippen LogP contribution in [0.4, 0.5) is 0 Å². The Morgan fingerprint density at radius 2 is 2.05 bits per heavy atom. The van der Waals surface area contributed by atoms with Gasteiger partial charge in [0.1, 0.15) is 0 Å². The van der Waals surface area contributed by atoms with Gasteiger partial charge in [-0.2, -0.15) is 10.1 Å². The maximum Gasteiger partial charge on any atom is 0.344 e. The van der Waals surface area contributed by atoms with Crippen molar-refractivity contribution in [2.75, 3.05) is 12.9 Å². The van der Waals surface area contributed by atoms with Gasteiger partial charge in [0, 0.05) is 10.6 Å². The summed E-state index contributed by atoms with van der Waals surface area (Å²) in [5, 5.41) is 5.98. The fourth-order valence-corrected chi connectivity index (χ4v) is 3.76. The molecule has 1 aliphatic rings. The maximum absolute atomic E-state index is 12.7. The third kappa shape index (κ3) is 3.26. The highest BCUT2D eigenvalue weighted by Crippen LogP contribution is 2.41. The minimum atomic E-state index is -1.20. The van der Waals surface area contributed by atoms with Gasteiger partial charge in [-0.05, 0) is 44.4 Å². The quantitative estimate of drug-likeness (QED) is 0.774. The van der Waals surface area contributed by atoms with E-state index in [0.717, 1.165) is 0 Å². The normalized spacial score (nSPS) is 20.7. The first kappa shape index (κ1) is 17.2. The lowest BCUT2D eigenvalue weighted by Crippen LogP contribution is -2.48. The Hall–Kier alpha value is -1.18. The van der Waals surface area contributed by atoms with Crippen LogP contribution in [0.5, 0.6) is 0 Å². The van der Waals surface area contributed by atoms with Crippen LogP contribution in [0.25, 0.3) is 0 Å². The number of halogens is 1. The molecule has 1 heterocycles. The van der Waals surface area contributed by atoms with Crippen molar-refractivity contribution in [3.63, 3.8) is 0 Å². The van der Waals surface area contributed by atoms with Crippen LogP contribution < -0.4 is 0 Å². The highest BCUT2D eigenvalue weighted by Gasteiger charge is 2.50. The molecule has 8 heteroatoms. The number of benzene rings is 1. The molecule has 0 saturated heterocycles. The van der Waals surface area contributed by atoms with E-state index >= 15 is 0 Å². The lowest BCUT2D eigenvalue weighted by Gasteiger charge is -2.28. The van der Waals surface area contributed by atoms with Crippen molar-refractivity contribution < 1.29 is 14.3 Å². The number of rotatable bonds is 3. The zero-order valence-corrected chi connectivity index (χ0v) is 14.7. The Kier molecular flexibility index (Phi) is 5.41. The Morgan fingerprint density at radius 3 is 2.59 bits per heavy atom. The van der Waals surface area contributed by atoms with Crippen molar-refractivity contribution in [1.29, 1.82) is 0 Å². The minimum Gasteiger partial charge on any atom is -0.464 e. The van der Waals surface area contributed by atoms with Crippen molar-refractivity contribution in [3.8, 4) is 0 Å². The Bertz CT molecular complexity index is 621. The van der Waals surface area contributed by atoms with Gasteiger partial charge in [-0.15, -0.1) is 11.8 Å². The van der Waals surface area contributed by atoms with Crippen LogP contribution in [0, 0.1) is 0 Å². The standard InChI is InChI=1S/C14H15ClN2O3S2/c1-4-20-12(19)14(2)17(16-13(21-3)22-14)11(18)9-5-7-10(15)8-6-9/h5-8H,4H2,1-3H3. The van der Waals surface area contributed by atoms with Crippen LogP contribution in [0.1, 0.15) is 24.2 Å². The minimum absolute atomic E-state index is 0.243. The molecule has 0 aromatic heterocycles. The molecule has 1 unspecified atom stereocenters. The Morgan fingerprint density at radius 1 is 1.41 bits per heavy atom. The number of esters is 1. The van der Waals surface area contributed by atoms with Gasteiger partial charge < -0.3 is 4.74 Å². The van der Waals surface area contributed by atoms with Crippen LogP contribution in [-0.4, -0.2) is 39.0 Å². The fraction of sp³-hybridized carbons (Fsp3) is 0.357. The molecule has 0 N–H and O–H groups in total. The molecule has 1 atom stereocenters. The number of thioether (sulfide) groups is 2. The van der Waals surface area contributed by atoms with Crippen molar-refractivity contribution in [3.05, 3.63) is 34.9 Å². The molecule has 0 radical (unpaired) electrons. The van der Waals surface area contributed by atoms with E-state index in [1.54, 1.807) is 38.1 Å². The number of hydrogen-bond donors (Lipinski definition) is 0. The van der Waals surface area contributed by atoms with Gasteiger partial charge in [0.15, 0.2) is 4.38 Å². The smallest absolute Gasteiger partial charge is 0.344 e. The van der Waals surface area contributed by atoms with Crippen LogP contribution in [0.15, 0.2) is 29.4 Å². The van der Waals surface area contributed by atoms with Crippen LogP contribution in [0.2, 0.25) is 5.02 Å². The summed E-state index contributed by atoms with van der Waals surface area (Å²) in [6.07, 6.45) is 1.84. The van der Waals surface area contributed by atoms with E-state index in [4.69, 9.17) is 16.3 Å². The van der Waals surface area contributed by atoms with E-state index in [0.29, 0.717) is 15.0 Å². The van der Waals surface area contributed by atoms with E-state index in [2.05, 4.69) is 5.10 Å². The molecular formula is C14H15ClN2O3S2. The molecule has 1 amide bonds. The molecule has 0 spiro atoms. The monoisotopic (exact) mass is 358 g/mol. The number of ether oxygens (including phenoxy) is 1. The number of hydrogen-bond acceptors (Lipinski definition) is 6. The van der Waals surface area contributed by atoms with E-state index < -0.39 is 10.8 Å². The van der Waals surface area contributed by atoms with Crippen molar-refractivity contribution >= 4 is 51.4 Å². The SMILES string of the molecule is CCOC(=O)C1(C)SC(SC)=NN1C(=O)c1ccc(Cl)cc1. The Labute approximate surface area is 142 Å². The third-order valence-corrected chi connectivity index (χ3v) is 5.41. The van der Waals surface area contributed by atoms with Gasteiger partial charge in [0.05, 0.1) is 6.61 Å². The van der Waals surface area contributed by atoms with Crippen LogP contribution in [-0.2, 0) is 9.53 Å². The molecule has 1 aromatic rings. The van der Waals surface area contributed by atoms with Gasteiger partial charge in [0.2, 0.25) is 4.87 Å². The summed E-state index contributed by atoms with van der Waals surface area (Å²) in [5.74, 6) is -0.862. The molecule has 2 rings (SSSR count). The van der Waals surface area contributed by atoms with E-state index in [-0.39, 0.29) is 12.5 Å². The van der Waals surface area contributed by atoms with Gasteiger partial charge in [-0.3, -0.25) is 4.79 Å². The van der Waals surface area contributed by atoms with Gasteiger partial charge in [-0.1, -0.05) is 23.4 Å². The molecule has 5 nitrogen and oxygen atoms in total.